The molecular weight excluding hydrogens is 589 g/mol. The monoisotopic (exact) mass is 650 g/mol. The Hall–Kier alpha value is -1.86. The highest BCUT2D eigenvalue weighted by Gasteiger charge is 2.28. The van der Waals surface area contributed by atoms with Crippen LogP contribution in [0.3, 0.4) is 0 Å². The Bertz CT molecular complexity index is 1270. The van der Waals surface area contributed by atoms with E-state index in [-0.39, 0.29) is 22.2 Å². The van der Waals surface area contributed by atoms with Gasteiger partial charge in [-0.15, -0.1) is 16.4 Å². The van der Waals surface area contributed by atoms with Crippen molar-refractivity contribution < 1.29 is 14.8 Å². The first-order valence-electron chi connectivity index (χ1n) is 16.4. The minimum absolute atomic E-state index is 0.0157. The van der Waals surface area contributed by atoms with Gasteiger partial charge in [0.25, 0.3) is 0 Å². The Morgan fingerprint density at radius 2 is 1.53 bits per heavy atom. The van der Waals surface area contributed by atoms with Crippen molar-refractivity contribution in [3.8, 4) is 5.75 Å². The molecule has 0 saturated carbocycles. The van der Waals surface area contributed by atoms with Crippen molar-refractivity contribution in [1.29, 1.82) is 0 Å². The molecule has 6 heteroatoms. The quantitative estimate of drug-likeness (QED) is 0.0571. The lowest BCUT2D eigenvalue weighted by molar-refractivity contribution is -0.445. The van der Waals surface area contributed by atoms with E-state index in [1.807, 2.05) is 32.0 Å². The number of allylic oxidation sites excluding steroid dienone is 5. The molecule has 0 bridgehead atoms. The predicted octanol–water partition coefficient (Wildman–Crippen LogP) is 11.7. The maximum Gasteiger partial charge on any atom is 0.176 e. The minimum Gasteiger partial charge on any atom is -0.299 e. The molecule has 2 rings (SSSR count). The van der Waals surface area contributed by atoms with Gasteiger partial charge in [0.1, 0.15) is 7.57 Å². The van der Waals surface area contributed by atoms with Crippen LogP contribution in [-0.4, -0.2) is 20.4 Å². The summed E-state index contributed by atoms with van der Waals surface area (Å²) in [5.74, 6) is 1.65. The van der Waals surface area contributed by atoms with Gasteiger partial charge in [-0.1, -0.05) is 145 Å². The Morgan fingerprint density at radius 1 is 0.933 bits per heavy atom. The van der Waals surface area contributed by atoms with Gasteiger partial charge in [-0.3, -0.25) is 9.78 Å². The van der Waals surface area contributed by atoms with Crippen LogP contribution >= 0.6 is 16.4 Å². The third-order valence-corrected chi connectivity index (χ3v) is 9.56. The lowest BCUT2D eigenvalue weighted by atomic mass is 9.79. The lowest BCUT2D eigenvalue weighted by Crippen LogP contribution is -2.20. The van der Waals surface area contributed by atoms with Crippen LogP contribution in [0.15, 0.2) is 77.6 Å². The van der Waals surface area contributed by atoms with Crippen LogP contribution in [0.1, 0.15) is 114 Å². The molecule has 2 radical (unpaired) electrons. The fraction of sp³-hybridized carbons (Fsp3) is 0.538. The zero-order valence-corrected chi connectivity index (χ0v) is 32.9. The molecule has 248 valence electrons. The topological polar surface area (TPSA) is 27.7 Å². The van der Waals surface area contributed by atoms with E-state index in [2.05, 4.69) is 132 Å². The second-order valence-corrected chi connectivity index (χ2v) is 17.5. The number of hydrogen-bond acceptors (Lipinski definition) is 3. The molecule has 3 nitrogen and oxygen atoms in total. The second kappa shape index (κ2) is 18.5. The molecule has 0 aliphatic carbocycles. The average molecular weight is 651 g/mol. The van der Waals surface area contributed by atoms with Crippen LogP contribution in [0.4, 0.5) is 0 Å². The summed E-state index contributed by atoms with van der Waals surface area (Å²) in [4.78, 5) is 12.3. The fourth-order valence-corrected chi connectivity index (χ4v) is 6.69. The van der Waals surface area contributed by atoms with Gasteiger partial charge >= 0.3 is 0 Å². The number of rotatable bonds is 12. The molecule has 2 aromatic carbocycles. The fourth-order valence-electron chi connectivity index (χ4n) is 4.69. The molecule has 0 heterocycles. The highest BCUT2D eigenvalue weighted by molar-refractivity contribution is 7.87. The van der Waals surface area contributed by atoms with Gasteiger partial charge in [-0.2, -0.15) is 0 Å². The van der Waals surface area contributed by atoms with Crippen LogP contribution in [0, 0.1) is 11.3 Å². The summed E-state index contributed by atoms with van der Waals surface area (Å²) >= 11 is 0. The standard InChI is InChI=1S/C37H55BO3P2.C2H6/c1-14-29(35(4,5)6)21-27(24-42-13)33(20-26(2)3)39-41-40-34-28(25-43(38)31-18-16-15-17-19-31)22-30(36(7,8)9)23-32(34)37(10,11)12;1-2/h14-23,26,42H,24-25H2,1-13H3;1-2H3/b27-21-,29-14+,33-20-;. The zero-order chi connectivity index (χ0) is 34.6. The SMILES string of the molecule is CC.[B]P(Cc1cc(C(C)(C)C)cc(C(C)(C)C)c1OOOC(=C\C(C)C)/C(=C\C(=C/C)C(C)(C)C)CPC)c1ccccc1. The smallest absolute Gasteiger partial charge is 0.176 e. The molecule has 0 aromatic heterocycles. The highest BCUT2D eigenvalue weighted by atomic mass is 31.1. The molecule has 0 N–H and O–H groups in total. The van der Waals surface area contributed by atoms with Crippen molar-refractivity contribution in [2.75, 3.05) is 12.8 Å². The summed E-state index contributed by atoms with van der Waals surface area (Å²) in [5, 5.41) is 6.89. The Balaban J connectivity index is 0.00000496. The predicted molar refractivity (Wildman–Crippen MR) is 204 cm³/mol. The first-order chi connectivity index (χ1) is 20.9. The molecule has 45 heavy (non-hydrogen) atoms. The summed E-state index contributed by atoms with van der Waals surface area (Å²) in [7, 11) is 6.61. The molecule has 0 saturated heterocycles. The highest BCUT2D eigenvalue weighted by Crippen LogP contribution is 2.44. The molecule has 0 spiro atoms. The largest absolute Gasteiger partial charge is 0.299 e. The number of hydrogen-bond donors (Lipinski definition) is 0. The van der Waals surface area contributed by atoms with Crippen molar-refractivity contribution in [1.82, 2.24) is 0 Å². The van der Waals surface area contributed by atoms with E-state index in [0.29, 0.717) is 17.7 Å². The Morgan fingerprint density at radius 3 is 2.00 bits per heavy atom. The molecule has 0 fully saturated rings. The molecular formula is C39H61BO3P2. The minimum atomic E-state index is -0.944. The summed E-state index contributed by atoms with van der Waals surface area (Å²) in [6.07, 6.45) is 8.09. The van der Waals surface area contributed by atoms with E-state index in [0.717, 1.165) is 36.7 Å². The average Bonchev–Trinajstić information content (AvgIpc) is 2.94. The second-order valence-electron chi connectivity index (χ2n) is 14.7. The van der Waals surface area contributed by atoms with Crippen LogP contribution < -0.4 is 10.2 Å². The molecule has 0 amide bonds. The van der Waals surface area contributed by atoms with E-state index < -0.39 is 7.80 Å². The third kappa shape index (κ3) is 13.4. The van der Waals surface area contributed by atoms with Crippen molar-refractivity contribution in [2.45, 2.75) is 114 Å². The van der Waals surface area contributed by atoms with Crippen LogP contribution in [0.25, 0.3) is 0 Å². The van der Waals surface area contributed by atoms with E-state index >= 15 is 0 Å². The maximum atomic E-state index is 6.83. The van der Waals surface area contributed by atoms with E-state index in [9.17, 15) is 0 Å². The van der Waals surface area contributed by atoms with Crippen molar-refractivity contribution >= 4 is 29.3 Å². The van der Waals surface area contributed by atoms with E-state index in [1.165, 1.54) is 11.1 Å². The molecule has 2 aromatic rings. The van der Waals surface area contributed by atoms with Gasteiger partial charge in [0, 0.05) is 21.7 Å². The summed E-state index contributed by atoms with van der Waals surface area (Å²) < 4.78 is 0. The Kier molecular flexibility index (Phi) is 16.9. The van der Waals surface area contributed by atoms with Gasteiger partial charge in [0.05, 0.1) is 0 Å². The van der Waals surface area contributed by atoms with Crippen molar-refractivity contribution in [3.05, 3.63) is 94.3 Å². The lowest BCUT2D eigenvalue weighted by Gasteiger charge is -2.29. The van der Waals surface area contributed by atoms with Gasteiger partial charge in [0.2, 0.25) is 0 Å². The van der Waals surface area contributed by atoms with Crippen molar-refractivity contribution in [3.63, 3.8) is 0 Å². The maximum absolute atomic E-state index is 6.83. The first-order valence-corrected chi connectivity index (χ1v) is 19.7. The summed E-state index contributed by atoms with van der Waals surface area (Å²) in [6.45, 7) is 32.6. The van der Waals surface area contributed by atoms with Crippen LogP contribution in [-0.2, 0) is 26.9 Å². The zero-order valence-electron chi connectivity index (χ0n) is 31.0. The van der Waals surface area contributed by atoms with Crippen LogP contribution in [0.2, 0.25) is 0 Å². The van der Waals surface area contributed by atoms with Crippen LogP contribution in [0.5, 0.6) is 5.75 Å². The van der Waals surface area contributed by atoms with Gasteiger partial charge in [-0.05, 0) is 70.6 Å². The van der Waals surface area contributed by atoms with E-state index in [1.54, 1.807) is 0 Å². The molecule has 2 atom stereocenters. The van der Waals surface area contributed by atoms with Gasteiger partial charge < -0.3 is 0 Å². The summed E-state index contributed by atoms with van der Waals surface area (Å²) in [6, 6.07) is 14.8. The normalized spacial score (nSPS) is 14.4. The molecule has 0 aliphatic rings. The first kappa shape index (κ1) is 41.2. The molecule has 0 aliphatic heterocycles. The molecule has 2 unspecified atom stereocenters. The van der Waals surface area contributed by atoms with Gasteiger partial charge in [0.15, 0.2) is 11.5 Å². The summed E-state index contributed by atoms with van der Waals surface area (Å²) in [5.41, 5.74) is 5.48. The van der Waals surface area contributed by atoms with Crippen molar-refractivity contribution in [2.24, 2.45) is 11.3 Å². The number of benzene rings is 2. The third-order valence-electron chi connectivity index (χ3n) is 7.18. The Labute approximate surface area is 281 Å². The van der Waals surface area contributed by atoms with E-state index in [4.69, 9.17) is 22.4 Å². The van der Waals surface area contributed by atoms with Gasteiger partial charge in [-0.25, -0.2) is 0 Å².